The van der Waals surface area contributed by atoms with E-state index in [2.05, 4.69) is 21.3 Å². The van der Waals surface area contributed by atoms with Gasteiger partial charge in [-0.3, -0.25) is 24.0 Å². The van der Waals surface area contributed by atoms with Crippen LogP contribution in [0.4, 0.5) is 4.79 Å². The highest BCUT2D eigenvalue weighted by molar-refractivity contribution is 5.91. The highest BCUT2D eigenvalue weighted by Crippen LogP contribution is 2.12. The normalized spacial score (nSPS) is 16.2. The summed E-state index contributed by atoms with van der Waals surface area (Å²) in [4.78, 5) is 83.7. The summed E-state index contributed by atoms with van der Waals surface area (Å²) in [6, 6.07) is -5.57. The summed E-state index contributed by atoms with van der Waals surface area (Å²) in [5.41, 5.74) is 5.28. The molecule has 0 bridgehead atoms. The molecule has 17 nitrogen and oxygen atoms in total. The predicted molar refractivity (Wildman–Crippen MR) is 135 cm³/mol. The molecular formula is C23H39N5O12. The number of aliphatic hydroxyl groups excluding tert-OH is 3. The molecule has 0 aliphatic carbocycles. The number of rotatable bonds is 17. The summed E-state index contributed by atoms with van der Waals surface area (Å²) in [5, 5.41) is 47.1. The molecule has 0 aromatic heterocycles. The van der Waals surface area contributed by atoms with Gasteiger partial charge in [-0.2, -0.15) is 0 Å². The zero-order chi connectivity index (χ0) is 31.3. The van der Waals surface area contributed by atoms with Gasteiger partial charge in [0.25, 0.3) is 0 Å². The zero-order valence-corrected chi connectivity index (χ0v) is 22.9. The summed E-state index contributed by atoms with van der Waals surface area (Å²) in [5.74, 6) is -5.84. The Hall–Kier alpha value is -3.83. The molecule has 0 spiro atoms. The van der Waals surface area contributed by atoms with Crippen LogP contribution in [0.25, 0.3) is 0 Å². The first-order valence-corrected chi connectivity index (χ1v) is 12.3. The Morgan fingerprint density at radius 2 is 1.45 bits per heavy atom. The fourth-order valence-corrected chi connectivity index (χ4v) is 3.31. The van der Waals surface area contributed by atoms with Crippen LogP contribution in [0.5, 0.6) is 0 Å². The van der Waals surface area contributed by atoms with Crippen LogP contribution < -0.4 is 27.0 Å². The lowest BCUT2D eigenvalue weighted by molar-refractivity contribution is -0.143. The third-order valence-electron chi connectivity index (χ3n) is 5.58. The fraction of sp³-hybridized carbons (Fsp3) is 0.696. The molecule has 17 heteroatoms. The number of amides is 5. The van der Waals surface area contributed by atoms with E-state index >= 15 is 0 Å². The number of primary amides is 1. The van der Waals surface area contributed by atoms with Crippen molar-refractivity contribution in [2.24, 2.45) is 11.7 Å². The fourth-order valence-electron chi connectivity index (χ4n) is 3.31. The van der Waals surface area contributed by atoms with Crippen molar-refractivity contribution in [3.63, 3.8) is 0 Å². The monoisotopic (exact) mass is 577 g/mol. The molecule has 228 valence electrons. The number of alkyl carbamates (subject to hydrolysis) is 1. The molecule has 0 rings (SSSR count). The SMILES string of the molecule is CC(=O)N[C@@H](C(C)=O)[C@@H](OC(=O)NC(C)C(=O)NC(CCC(=O)NC(C(=O)O)C(C)C)C(N)=O)[C@H](O)[C@H](O)CO. The van der Waals surface area contributed by atoms with E-state index in [-0.39, 0.29) is 12.8 Å². The molecular weight excluding hydrogens is 538 g/mol. The highest BCUT2D eigenvalue weighted by atomic mass is 16.6. The van der Waals surface area contributed by atoms with Crippen LogP contribution >= 0.6 is 0 Å². The maximum atomic E-state index is 12.6. The minimum atomic E-state index is -2.03. The van der Waals surface area contributed by atoms with Gasteiger partial charge < -0.3 is 52.2 Å². The molecule has 7 atom stereocenters. The quantitative estimate of drug-likeness (QED) is 0.0806. The third-order valence-corrected chi connectivity index (χ3v) is 5.58. The maximum Gasteiger partial charge on any atom is 0.408 e. The van der Waals surface area contributed by atoms with Gasteiger partial charge in [-0.1, -0.05) is 13.8 Å². The lowest BCUT2D eigenvalue weighted by Gasteiger charge is -2.31. The van der Waals surface area contributed by atoms with E-state index in [1.54, 1.807) is 13.8 Å². The van der Waals surface area contributed by atoms with Gasteiger partial charge in [-0.25, -0.2) is 9.59 Å². The number of aliphatic hydroxyl groups is 3. The van der Waals surface area contributed by atoms with Gasteiger partial charge in [0.15, 0.2) is 11.9 Å². The predicted octanol–water partition coefficient (Wildman–Crippen LogP) is -3.75. The van der Waals surface area contributed by atoms with Crippen LogP contribution in [0, 0.1) is 5.92 Å². The zero-order valence-electron chi connectivity index (χ0n) is 22.9. The van der Waals surface area contributed by atoms with Gasteiger partial charge in [0.2, 0.25) is 23.6 Å². The number of carbonyl (C=O) groups excluding carboxylic acids is 6. The molecule has 0 aliphatic heterocycles. The molecule has 5 amide bonds. The van der Waals surface area contributed by atoms with E-state index in [0.717, 1.165) is 13.8 Å². The van der Waals surface area contributed by atoms with Gasteiger partial charge in [0.1, 0.15) is 36.4 Å². The largest absolute Gasteiger partial charge is 0.480 e. The Labute approximate surface area is 230 Å². The molecule has 0 aliphatic rings. The molecule has 0 heterocycles. The van der Waals surface area contributed by atoms with Crippen molar-refractivity contribution in [1.29, 1.82) is 0 Å². The molecule has 0 saturated heterocycles. The molecule has 0 aromatic rings. The van der Waals surface area contributed by atoms with Crippen LogP contribution in [0.1, 0.15) is 47.5 Å². The van der Waals surface area contributed by atoms with Crippen molar-refractivity contribution in [2.45, 2.75) is 89.9 Å². The van der Waals surface area contributed by atoms with Crippen molar-refractivity contribution in [2.75, 3.05) is 6.61 Å². The van der Waals surface area contributed by atoms with Crippen LogP contribution in [-0.4, -0.2) is 111 Å². The first-order valence-electron chi connectivity index (χ1n) is 12.3. The third kappa shape index (κ3) is 12.4. The van der Waals surface area contributed by atoms with Gasteiger partial charge >= 0.3 is 12.1 Å². The first kappa shape index (κ1) is 36.2. The molecule has 0 fully saturated rings. The standard InChI is InChI=1S/C23H39N5O12/c1-9(2)16(22(37)38)28-15(33)7-6-13(20(24)35)27-21(36)10(3)25-23(39)40-19(18(34)14(32)8-29)17(11(4)30)26-12(5)31/h9-10,13-14,16-19,29,32,34H,6-8H2,1-5H3,(H2,24,35)(H,25,39)(H,26,31)(H,27,36)(H,28,33)(H,37,38)/t10?,13?,14-,16?,17+,18-,19-/m1/s1. The number of carboxylic acids is 1. The summed E-state index contributed by atoms with van der Waals surface area (Å²) in [7, 11) is 0. The molecule has 0 radical (unpaired) electrons. The van der Waals surface area contributed by atoms with E-state index in [9.17, 15) is 43.8 Å². The second-order valence-corrected chi connectivity index (χ2v) is 9.39. The number of nitrogens with one attached hydrogen (secondary N) is 4. The van der Waals surface area contributed by atoms with Crippen molar-refractivity contribution >= 4 is 41.5 Å². The van der Waals surface area contributed by atoms with Crippen molar-refractivity contribution in [3.05, 3.63) is 0 Å². The number of ketones is 1. The van der Waals surface area contributed by atoms with Gasteiger partial charge in [-0.15, -0.1) is 0 Å². The van der Waals surface area contributed by atoms with E-state index < -0.39 is 96.5 Å². The smallest absolute Gasteiger partial charge is 0.408 e. The first-order chi connectivity index (χ1) is 18.4. The van der Waals surface area contributed by atoms with Gasteiger partial charge in [0.05, 0.1) is 6.61 Å². The van der Waals surface area contributed by atoms with Crippen LogP contribution in [0.3, 0.4) is 0 Å². The summed E-state index contributed by atoms with van der Waals surface area (Å²) in [6.45, 7) is 5.42. The second-order valence-electron chi connectivity index (χ2n) is 9.39. The van der Waals surface area contributed by atoms with Crippen LogP contribution in [-0.2, 0) is 33.5 Å². The Morgan fingerprint density at radius 3 is 1.88 bits per heavy atom. The Morgan fingerprint density at radius 1 is 0.875 bits per heavy atom. The maximum absolute atomic E-state index is 12.6. The number of hydrogen-bond donors (Lipinski definition) is 9. The Bertz CT molecular complexity index is 943. The topological polar surface area (TPSA) is 284 Å². The van der Waals surface area contributed by atoms with Crippen LogP contribution in [0.2, 0.25) is 0 Å². The lowest BCUT2D eigenvalue weighted by Crippen LogP contribution is -2.58. The average Bonchev–Trinajstić information content (AvgIpc) is 2.84. The van der Waals surface area contributed by atoms with Crippen LogP contribution in [0.15, 0.2) is 0 Å². The molecule has 0 saturated carbocycles. The molecule has 10 N–H and O–H groups in total. The molecule has 3 unspecified atom stereocenters. The summed E-state index contributed by atoms with van der Waals surface area (Å²) < 4.78 is 5.01. The molecule has 0 aromatic carbocycles. The summed E-state index contributed by atoms with van der Waals surface area (Å²) in [6.07, 6.45) is -7.81. The lowest BCUT2D eigenvalue weighted by atomic mass is 9.98. The second kappa shape index (κ2) is 17.0. The molecule has 40 heavy (non-hydrogen) atoms. The van der Waals surface area contributed by atoms with Crippen molar-refractivity contribution in [3.8, 4) is 0 Å². The minimum absolute atomic E-state index is 0.293. The Balaban J connectivity index is 5.36. The number of ether oxygens (including phenoxy) is 1. The van der Waals surface area contributed by atoms with Crippen molar-refractivity contribution in [1.82, 2.24) is 21.3 Å². The van der Waals surface area contributed by atoms with E-state index in [1.807, 2.05) is 0 Å². The Kier molecular flexibility index (Phi) is 15.4. The van der Waals surface area contributed by atoms with E-state index in [1.165, 1.54) is 6.92 Å². The number of carboxylic acid groups (broad SMARTS) is 1. The average molecular weight is 578 g/mol. The number of aliphatic carboxylic acids is 1. The number of nitrogens with two attached hydrogens (primary N) is 1. The summed E-state index contributed by atoms with van der Waals surface area (Å²) >= 11 is 0. The van der Waals surface area contributed by atoms with Gasteiger partial charge in [0, 0.05) is 13.3 Å². The minimum Gasteiger partial charge on any atom is -0.480 e. The van der Waals surface area contributed by atoms with E-state index in [4.69, 9.17) is 20.7 Å². The number of Topliss-reactive ketones (excluding diaryl/α,β-unsaturated/α-hetero) is 1. The number of carbonyl (C=O) groups is 7. The number of hydrogen-bond acceptors (Lipinski definition) is 11. The highest BCUT2D eigenvalue weighted by Gasteiger charge is 2.39. The van der Waals surface area contributed by atoms with Gasteiger partial charge in [-0.05, 0) is 26.2 Å². The van der Waals surface area contributed by atoms with E-state index in [0.29, 0.717) is 0 Å². The van der Waals surface area contributed by atoms with Crippen molar-refractivity contribution < 1.29 is 58.7 Å².